The summed E-state index contributed by atoms with van der Waals surface area (Å²) in [6, 6.07) is 4.56. The first-order chi connectivity index (χ1) is 13.2. The van der Waals surface area contributed by atoms with Gasteiger partial charge < -0.3 is 19.4 Å². The molecule has 1 aliphatic carbocycles. The highest BCUT2D eigenvalue weighted by atomic mass is 127. The lowest BCUT2D eigenvalue weighted by atomic mass is 9.80. The molecule has 28 heavy (non-hydrogen) atoms. The van der Waals surface area contributed by atoms with Crippen LogP contribution < -0.4 is 5.32 Å². The summed E-state index contributed by atoms with van der Waals surface area (Å²) in [5.41, 5.74) is 0.444. The number of furan rings is 1. The van der Waals surface area contributed by atoms with Crippen LogP contribution in [-0.2, 0) is 11.2 Å². The lowest BCUT2D eigenvalue weighted by Gasteiger charge is -2.36. The maximum absolute atomic E-state index is 5.62. The van der Waals surface area contributed by atoms with Crippen LogP contribution in [0.1, 0.15) is 57.6 Å². The van der Waals surface area contributed by atoms with E-state index >= 15 is 0 Å². The topological polar surface area (TPSA) is 50.0 Å². The maximum atomic E-state index is 5.62. The first-order valence-corrected chi connectivity index (χ1v) is 10.9. The molecule has 1 aromatic rings. The summed E-state index contributed by atoms with van der Waals surface area (Å²) in [6.45, 7) is 7.26. The molecule has 158 valence electrons. The van der Waals surface area contributed by atoms with Crippen molar-refractivity contribution in [1.82, 2.24) is 10.2 Å². The quantitative estimate of drug-likeness (QED) is 0.376. The van der Waals surface area contributed by atoms with Crippen molar-refractivity contribution >= 4 is 29.9 Å². The number of nitrogens with zero attached hydrogens (tertiary/aromatic N) is 2. The second-order valence-corrected chi connectivity index (χ2v) is 8.83. The van der Waals surface area contributed by atoms with Crippen molar-refractivity contribution in [2.24, 2.45) is 16.3 Å². The third-order valence-electron chi connectivity index (χ3n) is 6.92. The molecule has 2 aliphatic heterocycles. The average Bonchev–Trinajstić information content (AvgIpc) is 3.34. The fourth-order valence-electron chi connectivity index (χ4n) is 4.99. The normalized spacial score (nSPS) is 27.6. The van der Waals surface area contributed by atoms with Gasteiger partial charge in [0.05, 0.1) is 6.26 Å². The molecule has 0 amide bonds. The second kappa shape index (κ2) is 10.3. The molecule has 0 radical (unpaired) electrons. The van der Waals surface area contributed by atoms with Crippen molar-refractivity contribution in [2.45, 2.75) is 64.3 Å². The third-order valence-corrected chi connectivity index (χ3v) is 6.92. The Bertz CT molecular complexity index is 613. The summed E-state index contributed by atoms with van der Waals surface area (Å²) in [5.74, 6) is 2.88. The van der Waals surface area contributed by atoms with Crippen LogP contribution in [-0.4, -0.2) is 49.7 Å². The summed E-state index contributed by atoms with van der Waals surface area (Å²) < 4.78 is 11.1. The van der Waals surface area contributed by atoms with Gasteiger partial charge >= 0.3 is 0 Å². The summed E-state index contributed by atoms with van der Waals surface area (Å²) in [6.07, 6.45) is 11.6. The number of aliphatic imine (C=N–C) groups is 1. The fourth-order valence-corrected chi connectivity index (χ4v) is 4.99. The molecule has 3 fully saturated rings. The second-order valence-electron chi connectivity index (χ2n) is 8.83. The first-order valence-electron chi connectivity index (χ1n) is 10.9. The van der Waals surface area contributed by atoms with Crippen LogP contribution in [0.5, 0.6) is 0 Å². The van der Waals surface area contributed by atoms with Gasteiger partial charge in [-0.2, -0.15) is 0 Å². The van der Waals surface area contributed by atoms with Gasteiger partial charge in [-0.1, -0.05) is 19.8 Å². The average molecular weight is 501 g/mol. The Morgan fingerprint density at radius 2 is 2.07 bits per heavy atom. The molecular weight excluding hydrogens is 465 g/mol. The number of likely N-dealkylation sites (tertiary alicyclic amines) is 1. The molecule has 3 aliphatic rings. The van der Waals surface area contributed by atoms with Gasteiger partial charge in [0.15, 0.2) is 5.96 Å². The number of rotatable bonds is 4. The van der Waals surface area contributed by atoms with Crippen LogP contribution in [0.4, 0.5) is 0 Å². The standard InChI is InChI=1S/C22H35N3O2.HI/c1-18-5-2-3-7-20(18)24-21(23-12-8-19-6-4-14-27-19)25-13-9-22(17-25)10-15-26-16-11-22;/h4,6,14,18,20H,2-3,5,7-13,15-17H2,1H3,(H,23,24);1H. The summed E-state index contributed by atoms with van der Waals surface area (Å²) in [4.78, 5) is 7.55. The smallest absolute Gasteiger partial charge is 0.194 e. The van der Waals surface area contributed by atoms with E-state index in [-0.39, 0.29) is 24.0 Å². The number of ether oxygens (including phenoxy) is 1. The van der Waals surface area contributed by atoms with Crippen LogP contribution in [0.25, 0.3) is 0 Å². The molecule has 1 spiro atoms. The molecule has 2 saturated heterocycles. The number of hydrogen-bond acceptors (Lipinski definition) is 3. The number of guanidine groups is 1. The predicted octanol–water partition coefficient (Wildman–Crippen LogP) is 4.47. The zero-order chi connectivity index (χ0) is 18.5. The molecule has 0 aromatic carbocycles. The van der Waals surface area contributed by atoms with E-state index in [1.54, 1.807) is 6.26 Å². The van der Waals surface area contributed by atoms with Gasteiger partial charge in [0.25, 0.3) is 0 Å². The van der Waals surface area contributed by atoms with Gasteiger partial charge in [-0.25, -0.2) is 0 Å². The summed E-state index contributed by atoms with van der Waals surface area (Å²) in [7, 11) is 0. The summed E-state index contributed by atoms with van der Waals surface area (Å²) >= 11 is 0. The lowest BCUT2D eigenvalue weighted by Crippen LogP contribution is -2.49. The first kappa shape index (κ1) is 21.9. The van der Waals surface area contributed by atoms with Gasteiger partial charge in [0.1, 0.15) is 5.76 Å². The zero-order valence-corrected chi connectivity index (χ0v) is 19.5. The van der Waals surface area contributed by atoms with E-state index in [1.165, 1.54) is 44.9 Å². The third kappa shape index (κ3) is 5.43. The molecule has 3 heterocycles. The zero-order valence-electron chi connectivity index (χ0n) is 17.2. The van der Waals surface area contributed by atoms with E-state index in [2.05, 4.69) is 17.1 Å². The van der Waals surface area contributed by atoms with Gasteiger partial charge in [-0.3, -0.25) is 4.99 Å². The molecule has 2 atom stereocenters. The van der Waals surface area contributed by atoms with E-state index in [4.69, 9.17) is 14.1 Å². The van der Waals surface area contributed by atoms with E-state index in [0.717, 1.165) is 56.9 Å². The Morgan fingerprint density at radius 3 is 2.82 bits per heavy atom. The maximum Gasteiger partial charge on any atom is 0.194 e. The van der Waals surface area contributed by atoms with Crippen LogP contribution >= 0.6 is 24.0 Å². The highest BCUT2D eigenvalue weighted by Gasteiger charge is 2.40. The fraction of sp³-hybridized carbons (Fsp3) is 0.773. The van der Waals surface area contributed by atoms with Crippen molar-refractivity contribution < 1.29 is 9.15 Å². The van der Waals surface area contributed by atoms with Gasteiger partial charge in [-0.05, 0) is 55.6 Å². The SMILES string of the molecule is CC1CCCCC1NC(=NCCc1ccco1)N1CCC2(CCOCC2)C1.I. The largest absolute Gasteiger partial charge is 0.469 e. The Labute approximate surface area is 186 Å². The number of halogens is 1. The molecule has 1 saturated carbocycles. The van der Waals surface area contributed by atoms with Crippen LogP contribution in [0.3, 0.4) is 0 Å². The van der Waals surface area contributed by atoms with E-state index in [9.17, 15) is 0 Å². The van der Waals surface area contributed by atoms with Gasteiger partial charge in [0, 0.05) is 45.3 Å². The lowest BCUT2D eigenvalue weighted by molar-refractivity contribution is 0.0217. The van der Waals surface area contributed by atoms with E-state index < -0.39 is 0 Å². The number of nitrogens with one attached hydrogen (secondary N) is 1. The molecule has 5 nitrogen and oxygen atoms in total. The highest BCUT2D eigenvalue weighted by Crippen LogP contribution is 2.39. The van der Waals surface area contributed by atoms with E-state index in [1.807, 2.05) is 12.1 Å². The van der Waals surface area contributed by atoms with Crippen molar-refractivity contribution in [2.75, 3.05) is 32.8 Å². The number of hydrogen-bond donors (Lipinski definition) is 1. The molecular formula is C22H36IN3O2. The Kier molecular flexibility index (Phi) is 8.09. The van der Waals surface area contributed by atoms with Crippen LogP contribution in [0.15, 0.2) is 27.8 Å². The minimum atomic E-state index is 0. The summed E-state index contributed by atoms with van der Waals surface area (Å²) in [5, 5.41) is 3.86. The molecule has 4 rings (SSSR count). The van der Waals surface area contributed by atoms with Crippen molar-refractivity contribution in [3.8, 4) is 0 Å². The minimum absolute atomic E-state index is 0. The molecule has 6 heteroatoms. The highest BCUT2D eigenvalue weighted by molar-refractivity contribution is 14.0. The molecule has 1 aromatic heterocycles. The minimum Gasteiger partial charge on any atom is -0.469 e. The predicted molar refractivity (Wildman–Crippen MR) is 123 cm³/mol. The Morgan fingerprint density at radius 1 is 1.25 bits per heavy atom. The van der Waals surface area contributed by atoms with Crippen molar-refractivity contribution in [3.05, 3.63) is 24.2 Å². The Hall–Kier alpha value is -0.760. The van der Waals surface area contributed by atoms with Crippen LogP contribution in [0, 0.1) is 11.3 Å². The Balaban J connectivity index is 0.00000225. The van der Waals surface area contributed by atoms with Gasteiger partial charge in [-0.15, -0.1) is 24.0 Å². The van der Waals surface area contributed by atoms with E-state index in [0.29, 0.717) is 11.5 Å². The molecule has 2 unspecified atom stereocenters. The molecule has 0 bridgehead atoms. The van der Waals surface area contributed by atoms with Crippen molar-refractivity contribution in [1.29, 1.82) is 0 Å². The monoisotopic (exact) mass is 501 g/mol. The molecule has 1 N–H and O–H groups in total. The van der Waals surface area contributed by atoms with Gasteiger partial charge in [0.2, 0.25) is 0 Å². The van der Waals surface area contributed by atoms with Crippen LogP contribution in [0.2, 0.25) is 0 Å². The van der Waals surface area contributed by atoms with Crippen molar-refractivity contribution in [3.63, 3.8) is 0 Å².